The summed E-state index contributed by atoms with van der Waals surface area (Å²) in [6, 6.07) is 15.8. The van der Waals surface area contributed by atoms with E-state index in [0.717, 1.165) is 24.3 Å². The van der Waals surface area contributed by atoms with E-state index < -0.39 is 0 Å². The number of aryl methyl sites for hydroxylation is 1. The van der Waals surface area contributed by atoms with Crippen LogP contribution in [-0.2, 0) is 11.3 Å². The van der Waals surface area contributed by atoms with Gasteiger partial charge in [-0.25, -0.2) is 4.79 Å². The lowest BCUT2D eigenvalue weighted by Crippen LogP contribution is -2.26. The highest BCUT2D eigenvalue weighted by atomic mass is 16.5. The largest absolute Gasteiger partial charge is 0.457 e. The molecule has 0 bridgehead atoms. The molecule has 0 atom stereocenters. The molecule has 3 rings (SSSR count). The van der Waals surface area contributed by atoms with Crippen LogP contribution < -0.4 is 4.90 Å². The van der Waals surface area contributed by atoms with Crippen molar-refractivity contribution in [3.05, 3.63) is 65.2 Å². The summed E-state index contributed by atoms with van der Waals surface area (Å²) >= 11 is 0. The van der Waals surface area contributed by atoms with Gasteiger partial charge in [-0.3, -0.25) is 0 Å². The van der Waals surface area contributed by atoms with Crippen LogP contribution in [0, 0.1) is 6.92 Å². The molecule has 0 radical (unpaired) electrons. The lowest BCUT2D eigenvalue weighted by Gasteiger charge is -2.25. The molecule has 0 aromatic heterocycles. The molecule has 1 saturated heterocycles. The van der Waals surface area contributed by atoms with E-state index in [1.54, 1.807) is 0 Å². The number of anilines is 1. The Hall–Kier alpha value is -2.29. The van der Waals surface area contributed by atoms with E-state index in [1.807, 2.05) is 42.5 Å². The fourth-order valence-electron chi connectivity index (χ4n) is 3.19. The number of hydrogen-bond acceptors (Lipinski definition) is 3. The minimum absolute atomic E-state index is 0.238. The Morgan fingerprint density at radius 2 is 1.71 bits per heavy atom. The molecular formula is C21H25NO2. The van der Waals surface area contributed by atoms with Gasteiger partial charge < -0.3 is 9.64 Å². The van der Waals surface area contributed by atoms with E-state index in [2.05, 4.69) is 17.9 Å². The average Bonchev–Trinajstić information content (AvgIpc) is 2.90. The first-order valence-electron chi connectivity index (χ1n) is 8.81. The van der Waals surface area contributed by atoms with Crippen molar-refractivity contribution in [2.45, 2.75) is 39.2 Å². The Morgan fingerprint density at radius 1 is 1.00 bits per heavy atom. The number of hydrogen-bond donors (Lipinski definition) is 0. The second kappa shape index (κ2) is 8.00. The summed E-state index contributed by atoms with van der Waals surface area (Å²) in [4.78, 5) is 15.0. The van der Waals surface area contributed by atoms with Gasteiger partial charge in [-0.15, -0.1) is 0 Å². The predicted molar refractivity (Wildman–Crippen MR) is 97.4 cm³/mol. The van der Waals surface area contributed by atoms with Crippen LogP contribution in [0.3, 0.4) is 0 Å². The van der Waals surface area contributed by atoms with Crippen LogP contribution in [0.25, 0.3) is 0 Å². The van der Waals surface area contributed by atoms with Crippen molar-refractivity contribution < 1.29 is 9.53 Å². The third-order valence-corrected chi connectivity index (χ3v) is 4.53. The lowest BCUT2D eigenvalue weighted by molar-refractivity contribution is 0.0473. The number of nitrogens with zero attached hydrogens (tertiary/aromatic N) is 1. The van der Waals surface area contributed by atoms with Crippen molar-refractivity contribution in [2.75, 3.05) is 18.0 Å². The SMILES string of the molecule is Cc1ccc(C(=O)OCc2ccccc2)c(N2CCCCCC2)c1. The minimum Gasteiger partial charge on any atom is -0.457 e. The third-order valence-electron chi connectivity index (χ3n) is 4.53. The molecule has 1 aliphatic heterocycles. The van der Waals surface area contributed by atoms with E-state index in [9.17, 15) is 4.79 Å². The topological polar surface area (TPSA) is 29.5 Å². The molecule has 0 amide bonds. The Balaban J connectivity index is 1.77. The molecule has 0 spiro atoms. The highest BCUT2D eigenvalue weighted by Gasteiger charge is 2.19. The van der Waals surface area contributed by atoms with Gasteiger partial charge in [0.05, 0.1) is 11.3 Å². The fraction of sp³-hybridized carbons (Fsp3) is 0.381. The zero-order valence-corrected chi connectivity index (χ0v) is 14.3. The van der Waals surface area contributed by atoms with Gasteiger partial charge in [-0.2, -0.15) is 0 Å². The Bertz CT molecular complexity index is 673. The molecule has 1 heterocycles. The Morgan fingerprint density at radius 3 is 2.42 bits per heavy atom. The van der Waals surface area contributed by atoms with Crippen LogP contribution in [0.5, 0.6) is 0 Å². The monoisotopic (exact) mass is 323 g/mol. The molecule has 3 nitrogen and oxygen atoms in total. The van der Waals surface area contributed by atoms with Gasteiger partial charge in [0.25, 0.3) is 0 Å². The van der Waals surface area contributed by atoms with Crippen LogP contribution in [0.4, 0.5) is 5.69 Å². The maximum Gasteiger partial charge on any atom is 0.340 e. The molecule has 0 aliphatic carbocycles. The van der Waals surface area contributed by atoms with Gasteiger partial charge in [-0.05, 0) is 43.0 Å². The van der Waals surface area contributed by atoms with Crippen LogP contribution >= 0.6 is 0 Å². The number of carbonyl (C=O) groups excluding carboxylic acids is 1. The first kappa shape index (κ1) is 16.6. The average molecular weight is 323 g/mol. The Labute approximate surface area is 144 Å². The molecule has 0 unspecified atom stereocenters. The fourth-order valence-corrected chi connectivity index (χ4v) is 3.19. The molecule has 3 heteroatoms. The van der Waals surface area contributed by atoms with Crippen molar-refractivity contribution in [1.29, 1.82) is 0 Å². The maximum absolute atomic E-state index is 12.6. The first-order valence-corrected chi connectivity index (χ1v) is 8.81. The first-order chi connectivity index (χ1) is 11.7. The summed E-state index contributed by atoms with van der Waals surface area (Å²) in [6.07, 6.45) is 4.92. The number of carbonyl (C=O) groups is 1. The predicted octanol–water partition coefficient (Wildman–Crippen LogP) is 4.73. The van der Waals surface area contributed by atoms with E-state index in [1.165, 1.54) is 31.2 Å². The van der Waals surface area contributed by atoms with E-state index in [4.69, 9.17) is 4.74 Å². The third kappa shape index (κ3) is 4.16. The zero-order chi connectivity index (χ0) is 16.8. The molecule has 0 N–H and O–H groups in total. The Kier molecular flexibility index (Phi) is 5.52. The second-order valence-electron chi connectivity index (χ2n) is 6.48. The summed E-state index contributed by atoms with van der Waals surface area (Å²) in [5, 5.41) is 0. The van der Waals surface area contributed by atoms with Gasteiger partial charge in [0.2, 0.25) is 0 Å². The standard InChI is InChI=1S/C21H25NO2/c1-17-11-12-19(20(15-17)22-13-7-2-3-8-14-22)21(23)24-16-18-9-5-4-6-10-18/h4-6,9-12,15H,2-3,7-8,13-14,16H2,1H3. The lowest BCUT2D eigenvalue weighted by atomic mass is 10.1. The highest BCUT2D eigenvalue weighted by molar-refractivity contribution is 5.96. The molecule has 126 valence electrons. The minimum atomic E-state index is -0.238. The summed E-state index contributed by atoms with van der Waals surface area (Å²) in [5.74, 6) is -0.238. The van der Waals surface area contributed by atoms with Crippen LogP contribution in [0.2, 0.25) is 0 Å². The van der Waals surface area contributed by atoms with Crippen LogP contribution in [0.1, 0.15) is 47.2 Å². The van der Waals surface area contributed by atoms with Gasteiger partial charge in [0.15, 0.2) is 0 Å². The van der Waals surface area contributed by atoms with E-state index in [-0.39, 0.29) is 5.97 Å². The second-order valence-corrected chi connectivity index (χ2v) is 6.48. The molecular weight excluding hydrogens is 298 g/mol. The van der Waals surface area contributed by atoms with Crippen molar-refractivity contribution >= 4 is 11.7 Å². The smallest absolute Gasteiger partial charge is 0.340 e. The van der Waals surface area contributed by atoms with Gasteiger partial charge in [0.1, 0.15) is 6.61 Å². The van der Waals surface area contributed by atoms with Crippen molar-refractivity contribution in [2.24, 2.45) is 0 Å². The number of ether oxygens (including phenoxy) is 1. The zero-order valence-electron chi connectivity index (χ0n) is 14.3. The molecule has 2 aromatic rings. The molecule has 1 aliphatic rings. The van der Waals surface area contributed by atoms with E-state index >= 15 is 0 Å². The summed E-state index contributed by atoms with van der Waals surface area (Å²) in [6.45, 7) is 4.41. The molecule has 24 heavy (non-hydrogen) atoms. The maximum atomic E-state index is 12.6. The van der Waals surface area contributed by atoms with Crippen molar-refractivity contribution in [1.82, 2.24) is 0 Å². The summed E-state index contributed by atoms with van der Waals surface area (Å²) in [5.41, 5.74) is 3.89. The highest BCUT2D eigenvalue weighted by Crippen LogP contribution is 2.26. The van der Waals surface area contributed by atoms with Gasteiger partial charge in [0, 0.05) is 13.1 Å². The van der Waals surface area contributed by atoms with Crippen molar-refractivity contribution in [3.8, 4) is 0 Å². The van der Waals surface area contributed by atoms with Gasteiger partial charge in [-0.1, -0.05) is 49.2 Å². The van der Waals surface area contributed by atoms with E-state index in [0.29, 0.717) is 12.2 Å². The van der Waals surface area contributed by atoms with Gasteiger partial charge >= 0.3 is 5.97 Å². The molecule has 1 fully saturated rings. The molecule has 0 saturated carbocycles. The van der Waals surface area contributed by atoms with Crippen LogP contribution in [0.15, 0.2) is 48.5 Å². The van der Waals surface area contributed by atoms with Crippen LogP contribution in [-0.4, -0.2) is 19.1 Å². The quantitative estimate of drug-likeness (QED) is 0.762. The number of benzene rings is 2. The van der Waals surface area contributed by atoms with Crippen molar-refractivity contribution in [3.63, 3.8) is 0 Å². The number of esters is 1. The number of rotatable bonds is 4. The summed E-state index contributed by atoms with van der Waals surface area (Å²) in [7, 11) is 0. The summed E-state index contributed by atoms with van der Waals surface area (Å²) < 4.78 is 5.55. The normalized spacial score (nSPS) is 15.0. The molecule has 2 aromatic carbocycles.